The summed E-state index contributed by atoms with van der Waals surface area (Å²) in [5, 5.41) is 0.477. The van der Waals surface area contributed by atoms with Crippen LogP contribution in [0, 0.1) is 0 Å². The van der Waals surface area contributed by atoms with Crippen molar-refractivity contribution in [3.05, 3.63) is 16.0 Å². The van der Waals surface area contributed by atoms with Gasteiger partial charge in [0.1, 0.15) is 17.3 Å². The van der Waals surface area contributed by atoms with Crippen molar-refractivity contribution < 1.29 is 0 Å². The molecule has 0 aromatic carbocycles. The third-order valence-corrected chi connectivity index (χ3v) is 4.20. The minimum Gasteiger partial charge on any atom is -0.351 e. The molecule has 1 unspecified atom stereocenters. The van der Waals surface area contributed by atoms with E-state index < -0.39 is 0 Å². The summed E-state index contributed by atoms with van der Waals surface area (Å²) < 4.78 is 0.798. The maximum absolute atomic E-state index is 6.01. The zero-order valence-electron chi connectivity index (χ0n) is 10.0. The van der Waals surface area contributed by atoms with Gasteiger partial charge < -0.3 is 9.80 Å². The summed E-state index contributed by atoms with van der Waals surface area (Å²) >= 11 is 9.48. The van der Waals surface area contributed by atoms with Gasteiger partial charge in [0.25, 0.3) is 0 Å². The molecule has 1 aliphatic heterocycles. The Balaban J connectivity index is 2.23. The Morgan fingerprint density at radius 1 is 1.53 bits per heavy atom. The number of likely N-dealkylation sites (N-methyl/N-ethyl adjacent to an activating group) is 1. The molecule has 94 valence electrons. The van der Waals surface area contributed by atoms with Gasteiger partial charge in [-0.3, -0.25) is 0 Å². The Kier molecular flexibility index (Phi) is 4.22. The van der Waals surface area contributed by atoms with Gasteiger partial charge in [0.2, 0.25) is 0 Å². The van der Waals surface area contributed by atoms with Gasteiger partial charge in [-0.1, -0.05) is 11.6 Å². The lowest BCUT2D eigenvalue weighted by Crippen LogP contribution is -2.38. The first-order valence-electron chi connectivity index (χ1n) is 5.67. The van der Waals surface area contributed by atoms with Crippen molar-refractivity contribution in [3.8, 4) is 0 Å². The molecule has 6 heteroatoms. The molecule has 1 aromatic rings. The average Bonchev–Trinajstić information content (AvgIpc) is 2.69. The summed E-state index contributed by atoms with van der Waals surface area (Å²) in [7, 11) is 4.19. The topological polar surface area (TPSA) is 32.3 Å². The predicted octanol–water partition coefficient (Wildman–Crippen LogP) is 2.42. The van der Waals surface area contributed by atoms with Gasteiger partial charge in [0, 0.05) is 19.1 Å². The molecule has 17 heavy (non-hydrogen) atoms. The molecule has 0 spiro atoms. The van der Waals surface area contributed by atoms with Crippen LogP contribution in [-0.2, 0) is 0 Å². The van der Waals surface area contributed by atoms with E-state index in [-0.39, 0.29) is 0 Å². The second-order valence-electron chi connectivity index (χ2n) is 4.55. The molecule has 0 N–H and O–H groups in total. The van der Waals surface area contributed by atoms with Crippen LogP contribution < -0.4 is 4.90 Å². The molecular weight excluding hydrogens is 304 g/mol. The fourth-order valence-corrected chi connectivity index (χ4v) is 2.83. The first-order valence-corrected chi connectivity index (χ1v) is 6.84. The number of hydrogen-bond acceptors (Lipinski definition) is 4. The van der Waals surface area contributed by atoms with Gasteiger partial charge in [0.05, 0.1) is 4.47 Å². The van der Waals surface area contributed by atoms with Crippen LogP contribution in [0.4, 0.5) is 5.82 Å². The van der Waals surface area contributed by atoms with E-state index in [4.69, 9.17) is 11.6 Å². The van der Waals surface area contributed by atoms with E-state index in [1.807, 2.05) is 0 Å². The van der Waals surface area contributed by atoms with E-state index in [1.165, 1.54) is 19.2 Å². The van der Waals surface area contributed by atoms with Gasteiger partial charge in [-0.2, -0.15) is 0 Å². The van der Waals surface area contributed by atoms with Gasteiger partial charge in [0.15, 0.2) is 0 Å². The lowest BCUT2D eigenvalue weighted by Gasteiger charge is -2.28. The fourth-order valence-electron chi connectivity index (χ4n) is 2.27. The highest BCUT2D eigenvalue weighted by Gasteiger charge is 2.28. The molecule has 0 bridgehead atoms. The minimum atomic E-state index is 0.477. The molecule has 1 fully saturated rings. The predicted molar refractivity (Wildman–Crippen MR) is 73.7 cm³/mol. The lowest BCUT2D eigenvalue weighted by molar-refractivity contribution is 0.371. The summed E-state index contributed by atoms with van der Waals surface area (Å²) in [5.74, 6) is 0.911. The highest BCUT2D eigenvalue weighted by Crippen LogP contribution is 2.33. The van der Waals surface area contributed by atoms with Crippen LogP contribution in [0.3, 0.4) is 0 Å². The summed E-state index contributed by atoms with van der Waals surface area (Å²) in [6.45, 7) is 2.07. The number of anilines is 1. The first kappa shape index (κ1) is 13.1. The van der Waals surface area contributed by atoms with Gasteiger partial charge >= 0.3 is 0 Å². The minimum absolute atomic E-state index is 0.477. The largest absolute Gasteiger partial charge is 0.351 e. The normalized spacial score (nSPS) is 20.3. The molecule has 4 nitrogen and oxygen atoms in total. The number of rotatable bonds is 3. The highest BCUT2D eigenvalue weighted by molar-refractivity contribution is 9.10. The summed E-state index contributed by atoms with van der Waals surface area (Å²) in [4.78, 5) is 12.8. The number of halogens is 2. The smallest absolute Gasteiger partial charge is 0.148 e. The molecule has 1 aliphatic rings. The van der Waals surface area contributed by atoms with Crippen LogP contribution in [0.5, 0.6) is 0 Å². The summed E-state index contributed by atoms with van der Waals surface area (Å²) in [5.41, 5.74) is 0. The van der Waals surface area contributed by atoms with E-state index in [0.717, 1.165) is 23.4 Å². The molecule has 0 saturated carbocycles. The van der Waals surface area contributed by atoms with Crippen molar-refractivity contribution in [2.45, 2.75) is 18.9 Å². The Morgan fingerprint density at radius 3 is 3.00 bits per heavy atom. The fraction of sp³-hybridized carbons (Fsp3) is 0.636. The highest BCUT2D eigenvalue weighted by atomic mass is 79.9. The molecule has 1 saturated heterocycles. The molecule has 0 aliphatic carbocycles. The van der Waals surface area contributed by atoms with Crippen molar-refractivity contribution in [1.82, 2.24) is 14.9 Å². The SMILES string of the molecule is CN(C)CC1CCCN1c1ncnc(Cl)c1Br. The molecule has 2 rings (SSSR count). The van der Waals surface area contributed by atoms with Crippen molar-refractivity contribution in [2.75, 3.05) is 32.1 Å². The lowest BCUT2D eigenvalue weighted by atomic mass is 10.2. The molecule has 1 atom stereocenters. The van der Waals surface area contributed by atoms with E-state index >= 15 is 0 Å². The molecular formula is C11H16BrClN4. The quantitative estimate of drug-likeness (QED) is 0.801. The van der Waals surface area contributed by atoms with Gasteiger partial charge in [-0.25, -0.2) is 9.97 Å². The maximum Gasteiger partial charge on any atom is 0.148 e. The van der Waals surface area contributed by atoms with E-state index in [2.05, 4.69) is 49.8 Å². The van der Waals surface area contributed by atoms with Crippen molar-refractivity contribution in [2.24, 2.45) is 0 Å². The van der Waals surface area contributed by atoms with Crippen LogP contribution in [0.15, 0.2) is 10.8 Å². The third kappa shape index (κ3) is 2.89. The van der Waals surface area contributed by atoms with Crippen molar-refractivity contribution in [3.63, 3.8) is 0 Å². The van der Waals surface area contributed by atoms with Crippen molar-refractivity contribution >= 4 is 33.3 Å². The van der Waals surface area contributed by atoms with Gasteiger partial charge in [-0.05, 0) is 42.9 Å². The Labute approximate surface area is 115 Å². The molecule has 0 amide bonds. The zero-order valence-corrected chi connectivity index (χ0v) is 12.4. The monoisotopic (exact) mass is 318 g/mol. The Morgan fingerprint density at radius 2 is 2.29 bits per heavy atom. The van der Waals surface area contributed by atoms with E-state index in [0.29, 0.717) is 11.2 Å². The van der Waals surface area contributed by atoms with E-state index in [9.17, 15) is 0 Å². The summed E-state index contributed by atoms with van der Waals surface area (Å²) in [6.07, 6.45) is 3.92. The number of hydrogen-bond donors (Lipinski definition) is 0. The first-order chi connectivity index (χ1) is 8.09. The van der Waals surface area contributed by atoms with Crippen LogP contribution >= 0.6 is 27.5 Å². The second-order valence-corrected chi connectivity index (χ2v) is 5.70. The standard InChI is InChI=1S/C11H16BrClN4/c1-16(2)6-8-4-3-5-17(8)11-9(12)10(13)14-7-15-11/h7-8H,3-6H2,1-2H3. The number of aromatic nitrogens is 2. The Bertz CT molecular complexity index is 399. The van der Waals surface area contributed by atoms with E-state index in [1.54, 1.807) is 0 Å². The van der Waals surface area contributed by atoms with Crippen LogP contribution in [0.1, 0.15) is 12.8 Å². The molecule has 1 aromatic heterocycles. The van der Waals surface area contributed by atoms with Crippen LogP contribution in [0.25, 0.3) is 0 Å². The zero-order chi connectivity index (χ0) is 12.4. The maximum atomic E-state index is 6.01. The third-order valence-electron chi connectivity index (χ3n) is 2.95. The molecule has 0 radical (unpaired) electrons. The van der Waals surface area contributed by atoms with Gasteiger partial charge in [-0.15, -0.1) is 0 Å². The van der Waals surface area contributed by atoms with Crippen LogP contribution in [-0.4, -0.2) is 48.1 Å². The van der Waals surface area contributed by atoms with Crippen molar-refractivity contribution in [1.29, 1.82) is 0 Å². The van der Waals surface area contributed by atoms with Crippen LogP contribution in [0.2, 0.25) is 5.15 Å². The average molecular weight is 320 g/mol. The number of nitrogens with zero attached hydrogens (tertiary/aromatic N) is 4. The Hall–Kier alpha value is -0.390. The second kappa shape index (κ2) is 5.50. The molecule has 2 heterocycles. The summed E-state index contributed by atoms with van der Waals surface area (Å²) in [6, 6.07) is 0.507.